The summed E-state index contributed by atoms with van der Waals surface area (Å²) in [4.78, 5) is 7.77. The third-order valence-electron chi connectivity index (χ3n) is 3.31. The zero-order valence-corrected chi connectivity index (χ0v) is 11.0. The van der Waals surface area contributed by atoms with Crippen LogP contribution >= 0.6 is 0 Å². The third-order valence-corrected chi connectivity index (χ3v) is 3.31. The minimum atomic E-state index is 0.795. The number of pyridine rings is 1. The van der Waals surface area contributed by atoms with E-state index in [0.29, 0.717) is 0 Å². The first-order valence-electron chi connectivity index (χ1n) is 6.61. The van der Waals surface area contributed by atoms with Crippen molar-refractivity contribution in [2.24, 2.45) is 0 Å². The van der Waals surface area contributed by atoms with Crippen LogP contribution in [0.2, 0.25) is 0 Å². The zero-order valence-electron chi connectivity index (χ0n) is 11.0. The molecule has 0 saturated heterocycles. The van der Waals surface area contributed by atoms with Gasteiger partial charge in [0.05, 0.1) is 0 Å². The summed E-state index contributed by atoms with van der Waals surface area (Å²) in [5.74, 6) is 0.927. The van der Waals surface area contributed by atoms with E-state index in [1.165, 1.54) is 16.5 Å². The molecule has 0 atom stereocenters. The van der Waals surface area contributed by atoms with Crippen LogP contribution in [0.25, 0.3) is 11.0 Å². The third kappa shape index (κ3) is 2.45. The van der Waals surface area contributed by atoms with Gasteiger partial charge in [0.1, 0.15) is 11.5 Å². The van der Waals surface area contributed by atoms with Gasteiger partial charge in [0.15, 0.2) is 0 Å². The summed E-state index contributed by atoms with van der Waals surface area (Å²) in [5.41, 5.74) is 3.53. The van der Waals surface area contributed by atoms with Crippen molar-refractivity contribution in [3.05, 3.63) is 59.8 Å². The Labute approximate surface area is 112 Å². The maximum absolute atomic E-state index is 4.59. The fourth-order valence-corrected chi connectivity index (χ4v) is 2.28. The van der Waals surface area contributed by atoms with Gasteiger partial charge in [-0.2, -0.15) is 0 Å². The first kappa shape index (κ1) is 11.8. The number of hydrogen-bond donors (Lipinski definition) is 2. The molecule has 0 saturated carbocycles. The van der Waals surface area contributed by atoms with Crippen LogP contribution in [0.3, 0.4) is 0 Å². The second-order valence-electron chi connectivity index (χ2n) is 4.60. The predicted molar refractivity (Wildman–Crippen MR) is 79.2 cm³/mol. The number of aromatic nitrogens is 2. The molecule has 2 aromatic heterocycles. The van der Waals surface area contributed by atoms with Crippen LogP contribution in [0.5, 0.6) is 0 Å². The predicted octanol–water partition coefficient (Wildman–Crippen LogP) is 3.74. The van der Waals surface area contributed by atoms with Gasteiger partial charge in [0, 0.05) is 18.1 Å². The van der Waals surface area contributed by atoms with E-state index < -0.39 is 0 Å². The molecule has 2 heterocycles. The monoisotopic (exact) mass is 251 g/mol. The highest BCUT2D eigenvalue weighted by Crippen LogP contribution is 2.20. The Morgan fingerprint density at radius 2 is 2.00 bits per heavy atom. The highest BCUT2D eigenvalue weighted by molar-refractivity contribution is 5.81. The molecule has 3 rings (SSSR count). The fourth-order valence-electron chi connectivity index (χ4n) is 2.28. The minimum Gasteiger partial charge on any atom is -0.366 e. The standard InChI is InChI=1S/C16H17N3/c1-2-13-10-15(19-16-14(13)8-9-17-16)18-11-12-6-4-3-5-7-12/h3-10H,2,11H2,1H3,(H2,17,18,19). The Kier molecular flexibility index (Phi) is 3.19. The molecule has 0 radical (unpaired) electrons. The molecule has 2 N–H and O–H groups in total. The lowest BCUT2D eigenvalue weighted by Crippen LogP contribution is -2.02. The van der Waals surface area contributed by atoms with Crippen molar-refractivity contribution in [3.63, 3.8) is 0 Å². The van der Waals surface area contributed by atoms with Crippen LogP contribution < -0.4 is 5.32 Å². The van der Waals surface area contributed by atoms with Crippen LogP contribution in [0, 0.1) is 0 Å². The van der Waals surface area contributed by atoms with Gasteiger partial charge >= 0.3 is 0 Å². The van der Waals surface area contributed by atoms with E-state index >= 15 is 0 Å². The molecule has 19 heavy (non-hydrogen) atoms. The van der Waals surface area contributed by atoms with E-state index in [4.69, 9.17) is 0 Å². The minimum absolute atomic E-state index is 0.795. The molecule has 0 fully saturated rings. The van der Waals surface area contributed by atoms with Crippen LogP contribution in [0.4, 0.5) is 5.82 Å². The van der Waals surface area contributed by atoms with Gasteiger partial charge in [-0.3, -0.25) is 0 Å². The Bertz CT molecular complexity index is 671. The largest absolute Gasteiger partial charge is 0.366 e. The SMILES string of the molecule is CCc1cc(NCc2ccccc2)nc2[nH]ccc12. The van der Waals surface area contributed by atoms with Gasteiger partial charge in [-0.05, 0) is 29.7 Å². The number of nitrogens with zero attached hydrogens (tertiary/aromatic N) is 1. The second-order valence-corrected chi connectivity index (χ2v) is 4.60. The van der Waals surface area contributed by atoms with E-state index in [-0.39, 0.29) is 0 Å². The molecular weight excluding hydrogens is 234 g/mol. The normalized spacial score (nSPS) is 10.8. The number of benzene rings is 1. The Hall–Kier alpha value is -2.29. The molecule has 0 aliphatic rings. The number of anilines is 1. The number of fused-ring (bicyclic) bond motifs is 1. The molecule has 0 amide bonds. The molecule has 0 aliphatic carbocycles. The van der Waals surface area contributed by atoms with Gasteiger partial charge in [0.2, 0.25) is 0 Å². The number of H-pyrrole nitrogens is 1. The van der Waals surface area contributed by atoms with Crippen LogP contribution in [0.1, 0.15) is 18.1 Å². The van der Waals surface area contributed by atoms with Crippen molar-refractivity contribution in [2.45, 2.75) is 19.9 Å². The number of hydrogen-bond acceptors (Lipinski definition) is 2. The van der Waals surface area contributed by atoms with E-state index in [2.05, 4.69) is 58.6 Å². The van der Waals surface area contributed by atoms with Crippen LogP contribution in [-0.2, 0) is 13.0 Å². The topological polar surface area (TPSA) is 40.7 Å². The summed E-state index contributed by atoms with van der Waals surface area (Å²) in [5, 5.41) is 4.60. The van der Waals surface area contributed by atoms with Crippen molar-refractivity contribution in [3.8, 4) is 0 Å². The number of aryl methyl sites for hydroxylation is 1. The number of nitrogens with one attached hydrogen (secondary N) is 2. The summed E-state index contributed by atoms with van der Waals surface area (Å²) in [7, 11) is 0. The average molecular weight is 251 g/mol. The quantitative estimate of drug-likeness (QED) is 0.741. The molecule has 0 unspecified atom stereocenters. The van der Waals surface area contributed by atoms with E-state index in [9.17, 15) is 0 Å². The highest BCUT2D eigenvalue weighted by Gasteiger charge is 2.05. The van der Waals surface area contributed by atoms with Gasteiger partial charge in [-0.25, -0.2) is 4.98 Å². The molecule has 96 valence electrons. The lowest BCUT2D eigenvalue weighted by molar-refractivity contribution is 1.10. The van der Waals surface area contributed by atoms with Crippen molar-refractivity contribution < 1.29 is 0 Å². The second kappa shape index (κ2) is 5.14. The summed E-state index contributed by atoms with van der Waals surface area (Å²) in [6, 6.07) is 14.6. The van der Waals surface area contributed by atoms with Crippen molar-refractivity contribution in [2.75, 3.05) is 5.32 Å². The molecule has 0 bridgehead atoms. The molecule has 0 aliphatic heterocycles. The Morgan fingerprint density at radius 1 is 1.16 bits per heavy atom. The molecule has 0 spiro atoms. The number of aromatic amines is 1. The fraction of sp³-hybridized carbons (Fsp3) is 0.188. The lowest BCUT2D eigenvalue weighted by atomic mass is 10.1. The first-order chi connectivity index (χ1) is 9.36. The summed E-state index contributed by atoms with van der Waals surface area (Å²) in [6.07, 6.45) is 2.95. The molecule has 3 nitrogen and oxygen atoms in total. The van der Waals surface area contributed by atoms with Crippen molar-refractivity contribution >= 4 is 16.9 Å². The summed E-state index contributed by atoms with van der Waals surface area (Å²) in [6.45, 7) is 2.96. The van der Waals surface area contributed by atoms with Crippen molar-refractivity contribution in [1.29, 1.82) is 0 Å². The molecule has 3 heteroatoms. The smallest absolute Gasteiger partial charge is 0.139 e. The first-order valence-corrected chi connectivity index (χ1v) is 6.61. The van der Waals surface area contributed by atoms with E-state index in [0.717, 1.165) is 24.4 Å². The van der Waals surface area contributed by atoms with Gasteiger partial charge < -0.3 is 10.3 Å². The average Bonchev–Trinajstić information content (AvgIpc) is 2.93. The Balaban J connectivity index is 1.85. The number of rotatable bonds is 4. The van der Waals surface area contributed by atoms with Gasteiger partial charge in [0.25, 0.3) is 0 Å². The molecule has 3 aromatic rings. The van der Waals surface area contributed by atoms with Gasteiger partial charge in [-0.15, -0.1) is 0 Å². The Morgan fingerprint density at radius 3 is 2.79 bits per heavy atom. The van der Waals surface area contributed by atoms with E-state index in [1.807, 2.05) is 12.3 Å². The molecule has 1 aromatic carbocycles. The maximum Gasteiger partial charge on any atom is 0.139 e. The highest BCUT2D eigenvalue weighted by atomic mass is 15.0. The van der Waals surface area contributed by atoms with Crippen LogP contribution in [0.15, 0.2) is 48.7 Å². The van der Waals surface area contributed by atoms with Gasteiger partial charge in [-0.1, -0.05) is 37.3 Å². The lowest BCUT2D eigenvalue weighted by Gasteiger charge is -2.08. The van der Waals surface area contributed by atoms with Crippen LogP contribution in [-0.4, -0.2) is 9.97 Å². The maximum atomic E-state index is 4.59. The van der Waals surface area contributed by atoms with E-state index in [1.54, 1.807) is 0 Å². The molecular formula is C16H17N3. The summed E-state index contributed by atoms with van der Waals surface area (Å²) < 4.78 is 0. The zero-order chi connectivity index (χ0) is 13.1. The van der Waals surface area contributed by atoms with Crippen molar-refractivity contribution in [1.82, 2.24) is 9.97 Å². The summed E-state index contributed by atoms with van der Waals surface area (Å²) >= 11 is 0.